The smallest absolute Gasteiger partial charge is 0.258 e. The lowest BCUT2D eigenvalue weighted by atomic mass is 10.3. The molecule has 0 saturated heterocycles. The van der Waals surface area contributed by atoms with Crippen LogP contribution in [0.5, 0.6) is 0 Å². The van der Waals surface area contributed by atoms with Crippen LogP contribution in [0.15, 0.2) is 78.0 Å². The Labute approximate surface area is 194 Å². The van der Waals surface area contributed by atoms with Crippen LogP contribution in [-0.4, -0.2) is 23.0 Å². The number of aromatic nitrogens is 4. The van der Waals surface area contributed by atoms with E-state index in [0.29, 0.717) is 17.1 Å². The number of anilines is 1. The van der Waals surface area contributed by atoms with Gasteiger partial charge in [-0.3, -0.25) is 4.72 Å². The lowest BCUT2D eigenvalue weighted by molar-refractivity contribution is -0.671. The number of para-hydroxylation sites is 4. The van der Waals surface area contributed by atoms with Crippen LogP contribution in [0.1, 0.15) is 13.3 Å². The number of benzene rings is 3. The average Bonchev–Trinajstić information content (AvgIpc) is 3.18. The topological polar surface area (TPSA) is 80.8 Å². The van der Waals surface area contributed by atoms with Gasteiger partial charge in [-0.15, -0.1) is 0 Å². The molecule has 0 unspecified atom stereocenters. The molecule has 0 aliphatic heterocycles. The molecule has 2 heterocycles. The van der Waals surface area contributed by atoms with Gasteiger partial charge in [0.25, 0.3) is 22.2 Å². The third kappa shape index (κ3) is 3.86. The average molecular weight is 481 g/mol. The summed E-state index contributed by atoms with van der Waals surface area (Å²) in [5, 5.41) is 0. The van der Waals surface area contributed by atoms with Crippen LogP contribution in [0.4, 0.5) is 14.6 Å². The van der Waals surface area contributed by atoms with E-state index in [9.17, 15) is 17.2 Å². The first-order valence-electron chi connectivity index (χ1n) is 10.6. The van der Waals surface area contributed by atoms with Crippen molar-refractivity contribution in [3.05, 3.63) is 84.7 Å². The van der Waals surface area contributed by atoms with Crippen molar-refractivity contribution in [2.75, 3.05) is 4.72 Å². The molecule has 0 amide bonds. The minimum atomic E-state index is -4.51. The minimum absolute atomic E-state index is 0.105. The zero-order valence-electron chi connectivity index (χ0n) is 18.1. The third-order valence-corrected chi connectivity index (χ3v) is 6.72. The Kier molecular flexibility index (Phi) is 5.45. The number of imidazole rings is 1. The molecule has 34 heavy (non-hydrogen) atoms. The van der Waals surface area contributed by atoms with Gasteiger partial charge in [-0.25, -0.2) is 31.7 Å². The summed E-state index contributed by atoms with van der Waals surface area (Å²) in [6.07, 6.45) is 2.72. The molecule has 0 radical (unpaired) electrons. The summed E-state index contributed by atoms with van der Waals surface area (Å²) in [5.74, 6) is -1.84. The van der Waals surface area contributed by atoms with E-state index in [1.807, 2.05) is 35.2 Å². The number of fused-ring (bicyclic) bond motifs is 2. The molecule has 0 aliphatic rings. The molecule has 2 aromatic heterocycles. The predicted octanol–water partition coefficient (Wildman–Crippen LogP) is 4.35. The number of rotatable bonds is 6. The van der Waals surface area contributed by atoms with Gasteiger partial charge in [0.2, 0.25) is 5.82 Å². The van der Waals surface area contributed by atoms with Crippen molar-refractivity contribution in [2.24, 2.45) is 0 Å². The van der Waals surface area contributed by atoms with Crippen molar-refractivity contribution in [2.45, 2.75) is 24.8 Å². The second-order valence-electron chi connectivity index (χ2n) is 7.73. The zero-order valence-corrected chi connectivity index (χ0v) is 18.9. The molecule has 5 rings (SSSR count). The lowest BCUT2D eigenvalue weighted by Gasteiger charge is -2.11. The van der Waals surface area contributed by atoms with Crippen molar-refractivity contribution in [3.8, 4) is 5.82 Å². The fourth-order valence-corrected chi connectivity index (χ4v) is 4.95. The number of sulfonamides is 1. The molecule has 0 bridgehead atoms. The number of nitrogens with zero attached hydrogens (tertiary/aromatic N) is 4. The number of halogens is 2. The van der Waals surface area contributed by atoms with Gasteiger partial charge in [0.05, 0.1) is 17.6 Å². The Bertz CT molecular complexity index is 1650. The van der Waals surface area contributed by atoms with Crippen LogP contribution in [0.3, 0.4) is 0 Å². The van der Waals surface area contributed by atoms with Crippen LogP contribution in [0.25, 0.3) is 27.9 Å². The Morgan fingerprint density at radius 3 is 2.44 bits per heavy atom. The predicted molar refractivity (Wildman–Crippen MR) is 124 cm³/mol. The van der Waals surface area contributed by atoms with Gasteiger partial charge in [0.15, 0.2) is 11.0 Å². The van der Waals surface area contributed by atoms with Crippen LogP contribution in [0.2, 0.25) is 0 Å². The molecule has 0 fully saturated rings. The van der Waals surface area contributed by atoms with E-state index in [-0.39, 0.29) is 11.6 Å². The molecule has 1 N–H and O–H groups in total. The Balaban J connectivity index is 1.74. The summed E-state index contributed by atoms with van der Waals surface area (Å²) in [5.41, 5.74) is 2.72. The van der Waals surface area contributed by atoms with Gasteiger partial charge < -0.3 is 0 Å². The molecule has 0 saturated carbocycles. The highest BCUT2D eigenvalue weighted by Crippen LogP contribution is 2.27. The monoisotopic (exact) mass is 480 g/mol. The molecule has 7 nitrogen and oxygen atoms in total. The minimum Gasteiger partial charge on any atom is -0.258 e. The highest BCUT2D eigenvalue weighted by Gasteiger charge is 2.27. The number of aryl methyl sites for hydroxylation is 1. The van der Waals surface area contributed by atoms with Gasteiger partial charge in [0, 0.05) is 0 Å². The molecule has 3 aromatic carbocycles. The van der Waals surface area contributed by atoms with Crippen LogP contribution in [0, 0.1) is 11.6 Å². The lowest BCUT2D eigenvalue weighted by Crippen LogP contribution is -2.31. The van der Waals surface area contributed by atoms with Gasteiger partial charge in [0.1, 0.15) is 16.5 Å². The van der Waals surface area contributed by atoms with E-state index >= 15 is 0 Å². The maximum absolute atomic E-state index is 14.3. The normalized spacial score (nSPS) is 11.9. The summed E-state index contributed by atoms with van der Waals surface area (Å²) in [7, 11) is -4.51. The third-order valence-electron chi connectivity index (χ3n) is 5.36. The van der Waals surface area contributed by atoms with Gasteiger partial charge in [-0.1, -0.05) is 31.2 Å². The first kappa shape index (κ1) is 21.9. The summed E-state index contributed by atoms with van der Waals surface area (Å²) in [6, 6.07) is 16.9. The first-order chi connectivity index (χ1) is 16.4. The van der Waals surface area contributed by atoms with E-state index < -0.39 is 26.6 Å². The van der Waals surface area contributed by atoms with Crippen molar-refractivity contribution in [1.82, 2.24) is 14.5 Å². The summed E-state index contributed by atoms with van der Waals surface area (Å²) >= 11 is 0. The maximum Gasteiger partial charge on any atom is 0.270 e. The molecule has 172 valence electrons. The fraction of sp³-hybridized carbons (Fsp3) is 0.125. The second-order valence-corrected chi connectivity index (χ2v) is 9.38. The fourth-order valence-electron chi connectivity index (χ4n) is 3.85. The SMILES string of the molecule is CCC[n+]1cn(-c2nc3ccccc3nc2NS(=O)(=O)c2cc(F)ccc2F)c2ccccc21. The van der Waals surface area contributed by atoms with Crippen LogP contribution in [-0.2, 0) is 16.6 Å². The van der Waals surface area contributed by atoms with Crippen molar-refractivity contribution in [3.63, 3.8) is 0 Å². The molecule has 10 heteroatoms. The second kappa shape index (κ2) is 8.45. The number of hydrogen-bond acceptors (Lipinski definition) is 4. The summed E-state index contributed by atoms with van der Waals surface area (Å²) < 4.78 is 60.3. The van der Waals surface area contributed by atoms with E-state index in [0.717, 1.165) is 36.1 Å². The molecule has 0 atom stereocenters. The number of nitrogens with one attached hydrogen (secondary N) is 1. The molecular weight excluding hydrogens is 460 g/mol. The number of hydrogen-bond donors (Lipinski definition) is 1. The molecule has 0 spiro atoms. The summed E-state index contributed by atoms with van der Waals surface area (Å²) in [6.45, 7) is 2.80. The van der Waals surface area contributed by atoms with E-state index in [1.54, 1.807) is 28.8 Å². The standard InChI is InChI=1S/C24H20F2N5O2S/c1-2-13-30-15-31(21-10-6-5-9-20(21)30)24-23(27-18-7-3-4-8-19(18)28-24)29-34(32,33)22-14-16(25)11-12-17(22)26/h3-12,14-15H,2,13H2,1H3,(H,27,29)/q+1. The van der Waals surface area contributed by atoms with Gasteiger partial charge in [-0.2, -0.15) is 4.57 Å². The van der Waals surface area contributed by atoms with Crippen LogP contribution >= 0.6 is 0 Å². The molecule has 5 aromatic rings. The molecule has 0 aliphatic carbocycles. The Morgan fingerprint density at radius 2 is 1.68 bits per heavy atom. The molecular formula is C24H20F2N5O2S+. The van der Waals surface area contributed by atoms with E-state index in [4.69, 9.17) is 0 Å². The van der Waals surface area contributed by atoms with E-state index in [1.165, 1.54) is 0 Å². The highest BCUT2D eigenvalue weighted by atomic mass is 32.2. The highest BCUT2D eigenvalue weighted by molar-refractivity contribution is 7.92. The quantitative estimate of drug-likeness (QED) is 0.367. The van der Waals surface area contributed by atoms with Crippen LogP contribution < -0.4 is 9.29 Å². The maximum atomic E-state index is 14.3. The van der Waals surface area contributed by atoms with Crippen molar-refractivity contribution < 1.29 is 21.8 Å². The Morgan fingerprint density at radius 1 is 0.971 bits per heavy atom. The first-order valence-corrected chi connectivity index (χ1v) is 12.1. The largest absolute Gasteiger partial charge is 0.270 e. The van der Waals surface area contributed by atoms with Gasteiger partial charge in [-0.05, 0) is 48.9 Å². The summed E-state index contributed by atoms with van der Waals surface area (Å²) in [4.78, 5) is 8.34. The van der Waals surface area contributed by atoms with Crippen molar-refractivity contribution >= 4 is 37.9 Å². The van der Waals surface area contributed by atoms with Crippen molar-refractivity contribution in [1.29, 1.82) is 0 Å². The Hall–Kier alpha value is -3.92. The van der Waals surface area contributed by atoms with Gasteiger partial charge >= 0.3 is 0 Å². The zero-order chi connectivity index (χ0) is 23.9. The van der Waals surface area contributed by atoms with E-state index in [2.05, 4.69) is 21.6 Å².